The molecule has 1 unspecified atom stereocenters. The lowest BCUT2D eigenvalue weighted by molar-refractivity contribution is -0.648. The van der Waals surface area contributed by atoms with E-state index >= 15 is 24.0 Å². The summed E-state index contributed by atoms with van der Waals surface area (Å²) in [6.07, 6.45) is 98.8. The summed E-state index contributed by atoms with van der Waals surface area (Å²) in [6.45, 7) is 6.55. The summed E-state index contributed by atoms with van der Waals surface area (Å²) in [5.41, 5.74) is 0. The van der Waals surface area contributed by atoms with Crippen molar-refractivity contribution in [3.8, 4) is 0 Å². The average molecular weight is 2030 g/mol. The van der Waals surface area contributed by atoms with Crippen molar-refractivity contribution in [2.45, 2.75) is 666 Å². The fourth-order valence-electron chi connectivity index (χ4n) is 19.7. The van der Waals surface area contributed by atoms with Gasteiger partial charge in [-0.1, -0.05) is 481 Å². The molecule has 2 saturated heterocycles. The van der Waals surface area contributed by atoms with Crippen LogP contribution >= 0.6 is 0 Å². The van der Waals surface area contributed by atoms with Crippen molar-refractivity contribution in [2.24, 2.45) is 0 Å². The van der Waals surface area contributed by atoms with Crippen LogP contribution < -0.4 is 0 Å². The number of carbonyl (C=O) groups is 5. The van der Waals surface area contributed by atoms with Gasteiger partial charge in [0.25, 0.3) is 0 Å². The largest absolute Gasteiger partial charge is 0.423 e. The minimum absolute atomic E-state index is 0.0552. The van der Waals surface area contributed by atoms with Crippen molar-refractivity contribution in [1.82, 2.24) is 0 Å². The van der Waals surface area contributed by atoms with Gasteiger partial charge in [-0.05, 0) is 161 Å². The lowest BCUT2D eigenvalue weighted by Crippen LogP contribution is -2.92. The first kappa shape index (κ1) is 135. The first-order valence-corrected chi connectivity index (χ1v) is 60.6. The second-order valence-corrected chi connectivity index (χ2v) is 42.5. The van der Waals surface area contributed by atoms with Gasteiger partial charge < -0.3 is 69.3 Å². The second-order valence-electron chi connectivity index (χ2n) is 42.5. The number of allylic oxidation sites excluding steroid dienone is 10. The minimum atomic E-state index is -4.75. The number of rotatable bonds is 105. The molecule has 9 atom stereocenters. The van der Waals surface area contributed by atoms with Gasteiger partial charge in [-0.15, -0.1) is 0 Å². The normalized spacial score (nSPS) is 20.9. The zero-order valence-corrected chi connectivity index (χ0v) is 92.7. The van der Waals surface area contributed by atoms with Crippen LogP contribution in [0.1, 0.15) is 612 Å². The lowest BCUT2D eigenvalue weighted by Gasteiger charge is -2.62. The van der Waals surface area contributed by atoms with Gasteiger partial charge in [-0.3, -0.25) is 33.4 Å². The third kappa shape index (κ3) is 62.9. The third-order valence-corrected chi connectivity index (χ3v) is 29.1. The highest BCUT2D eigenvalue weighted by Crippen LogP contribution is 2.59. The molecule has 0 saturated carbocycles. The van der Waals surface area contributed by atoms with E-state index in [4.69, 9.17) is 37.9 Å². The Hall–Kier alpha value is -4.39. The van der Waals surface area contributed by atoms with Gasteiger partial charge in [-0.2, -0.15) is 0 Å². The molecule has 0 aromatic rings. The maximum absolute atomic E-state index is 15.4. The Morgan fingerprint density at radius 2 is 0.427 bits per heavy atom. The van der Waals surface area contributed by atoms with Gasteiger partial charge in [0.15, 0.2) is 0 Å². The number of aliphatic hydroxyl groups excluding tert-OH is 5. The fraction of sp³-hybridized carbons (Fsp3) is 0.877. The fourth-order valence-corrected chi connectivity index (χ4v) is 19.7. The monoisotopic (exact) mass is 2020 g/mol. The quantitative estimate of drug-likeness (QED) is 0.00922. The lowest BCUT2D eigenvalue weighted by atomic mass is 9.82. The Bertz CT molecular complexity index is 3120. The van der Waals surface area contributed by atoms with E-state index in [9.17, 15) is 40.9 Å². The van der Waals surface area contributed by atoms with Crippen LogP contribution in [-0.2, 0) is 61.9 Å². The minimum Gasteiger partial charge on any atom is -0.423 e. The molecule has 2 aliphatic heterocycles. The molecule has 0 bridgehead atoms. The number of hydrogen-bond donors (Lipinski definition) is 8. The number of hydrogen-bond acceptors (Lipinski definition) is 21. The Labute approximate surface area is 874 Å². The molecular weight excluding hydrogens is 1800 g/mol. The summed E-state index contributed by atoms with van der Waals surface area (Å²) in [5, 5.41) is 102. The van der Waals surface area contributed by atoms with Crippen molar-refractivity contribution in [2.75, 3.05) is 19.8 Å². The van der Waals surface area contributed by atoms with E-state index in [0.29, 0.717) is 64.2 Å². The maximum atomic E-state index is 15.4. The predicted molar refractivity (Wildman–Crippen MR) is 583 cm³/mol. The molecular formula is C122H222O21. The molecule has 8 N–H and O–H groups in total. The van der Waals surface area contributed by atoms with E-state index in [1.165, 1.54) is 193 Å². The molecule has 2 heterocycles. The van der Waals surface area contributed by atoms with Crippen molar-refractivity contribution in [3.63, 3.8) is 0 Å². The summed E-state index contributed by atoms with van der Waals surface area (Å²) >= 11 is 0. The van der Waals surface area contributed by atoms with Crippen LogP contribution in [0.15, 0.2) is 60.8 Å². The summed E-state index contributed by atoms with van der Waals surface area (Å²) < 4.78 is 49.6. The van der Waals surface area contributed by atoms with Crippen molar-refractivity contribution in [3.05, 3.63) is 60.8 Å². The van der Waals surface area contributed by atoms with Crippen molar-refractivity contribution in [1.29, 1.82) is 0 Å². The highest BCUT2D eigenvalue weighted by molar-refractivity contribution is 5.74. The summed E-state index contributed by atoms with van der Waals surface area (Å²) in [4.78, 5) is 76.4. The van der Waals surface area contributed by atoms with Crippen LogP contribution in [0.25, 0.3) is 0 Å². The molecule has 0 radical (unpaired) electrons. The maximum Gasteiger partial charge on any atom is 0.412 e. The summed E-state index contributed by atoms with van der Waals surface area (Å²) in [5.74, 6) is -32.8. The van der Waals surface area contributed by atoms with Crippen LogP contribution in [0.5, 0.6) is 0 Å². The predicted octanol–water partition coefficient (Wildman–Crippen LogP) is 31.9. The number of aliphatic hydroxyl groups is 8. The standard InChI is InChI=1S/C122H222O21/c1-6-11-16-21-26-31-36-41-46-51-56-61-66-71-76-81-86-91-96-101-110(126)137-118(108-125)119(133,138-111(127)102-97-92-87-82-77-72-67-62-57-52-47-42-37-32-27-22-17-12-7-2)120(134,139-112(128)103-98-93-88-83-78-73-68-63-58-53-48-43-38-33-28-23-18-13-8-3)121(135,140-113(129)104-99-94-89-84-79-74-69-64-59-54-49-44-39-34-29-24-19-14-9-4)122(143-118,142-117(107-124)116(132)115(131)109(106-123)136-117)141-114(130)105-100-95-90-85-80-75-70-65-60-55-50-45-40-35-30-25-20-15-10-5/h41-50,109,115-116,123-125,131-135H,6-40,51-108H2,1-5H3/b46-41+,47-42+,48-43+,49-44+,50-45+/t109-,115-,116+,117?,118-,119+,120-,121+,122+/m1/s1. The second kappa shape index (κ2) is 92.5. The van der Waals surface area contributed by atoms with E-state index in [0.717, 1.165) is 257 Å². The van der Waals surface area contributed by atoms with E-state index < -0.39 is 135 Å². The van der Waals surface area contributed by atoms with Gasteiger partial charge in [0.05, 0.1) is 6.61 Å². The number of carbonyl (C=O) groups excluding carboxylic acids is 5. The van der Waals surface area contributed by atoms with E-state index in [2.05, 4.69) is 95.4 Å². The molecule has 0 amide bonds. The van der Waals surface area contributed by atoms with Gasteiger partial charge in [0, 0.05) is 32.1 Å². The van der Waals surface area contributed by atoms with Crippen LogP contribution in [0.4, 0.5) is 0 Å². The molecule has 21 nitrogen and oxygen atoms in total. The molecule has 836 valence electrons. The van der Waals surface area contributed by atoms with Gasteiger partial charge in [0.1, 0.15) is 31.5 Å². The van der Waals surface area contributed by atoms with E-state index in [-0.39, 0.29) is 32.1 Å². The SMILES string of the molecule is CCCCCCCC/C=C/CCCCCCCCCCCC(=O)O[C@]1(CO)O[C@@](OC(=O)CCCCCCCCCCC/C=C/CCCCCCCC)(OC2(CO)O[C@H](CO)[C@@H](O)[C@@H]2O)[C@@](O)(OC(=O)CCCCCCCCCCC/C=C/CCCCCCCC)[C@](O)(OC(=O)CCCCCCCCCCC/C=C/CCCCCCCC)[C@@]1(O)OC(=O)CCCCCCCCCCC/C=C/CCCCCCCC. The molecule has 2 fully saturated rings. The number of unbranched alkanes of at least 4 members (excludes halogenated alkanes) is 75. The molecule has 0 aliphatic carbocycles. The van der Waals surface area contributed by atoms with Gasteiger partial charge >= 0.3 is 59.0 Å². The molecule has 0 aromatic heterocycles. The topological polar surface area (TPSA) is 321 Å². The first-order valence-electron chi connectivity index (χ1n) is 60.6. The van der Waals surface area contributed by atoms with Gasteiger partial charge in [0.2, 0.25) is 5.79 Å². The Kier molecular flexibility index (Phi) is 87.1. The Balaban J connectivity index is 2.82. The third-order valence-electron chi connectivity index (χ3n) is 29.1. The van der Waals surface area contributed by atoms with Crippen LogP contribution in [0.3, 0.4) is 0 Å². The Morgan fingerprint density at radius 3 is 0.629 bits per heavy atom. The number of esters is 5. The number of ether oxygens (including phenoxy) is 8. The molecule has 0 spiro atoms. The van der Waals surface area contributed by atoms with Crippen LogP contribution in [0, 0.1) is 0 Å². The molecule has 21 heteroatoms. The molecule has 0 aromatic carbocycles. The van der Waals surface area contributed by atoms with Gasteiger partial charge in [-0.25, -0.2) is 0 Å². The Morgan fingerprint density at radius 1 is 0.238 bits per heavy atom. The van der Waals surface area contributed by atoms with Crippen molar-refractivity contribution < 1.29 is 103 Å². The average Bonchev–Trinajstić information content (AvgIpc) is 0.877. The highest BCUT2D eigenvalue weighted by Gasteiger charge is 2.94. The zero-order valence-electron chi connectivity index (χ0n) is 92.7. The summed E-state index contributed by atoms with van der Waals surface area (Å²) in [7, 11) is 0. The van der Waals surface area contributed by atoms with Crippen LogP contribution in [0.2, 0.25) is 0 Å². The zero-order chi connectivity index (χ0) is 104. The van der Waals surface area contributed by atoms with Crippen molar-refractivity contribution >= 4 is 29.8 Å². The molecule has 143 heavy (non-hydrogen) atoms. The smallest absolute Gasteiger partial charge is 0.412 e. The van der Waals surface area contributed by atoms with Crippen LogP contribution in [-0.4, -0.2) is 144 Å². The molecule has 2 rings (SSSR count). The molecule has 2 aliphatic rings. The highest BCUT2D eigenvalue weighted by atomic mass is 17.0. The van der Waals surface area contributed by atoms with E-state index in [1.54, 1.807) is 0 Å². The first-order chi connectivity index (χ1) is 69.8. The summed E-state index contributed by atoms with van der Waals surface area (Å²) in [6, 6.07) is 0. The van der Waals surface area contributed by atoms with E-state index in [1.807, 2.05) is 0 Å².